The molecule has 0 radical (unpaired) electrons. The summed E-state index contributed by atoms with van der Waals surface area (Å²) < 4.78 is 4.91. The minimum atomic E-state index is -1.66. The van der Waals surface area contributed by atoms with Crippen molar-refractivity contribution in [3.8, 4) is 5.75 Å². The second kappa shape index (κ2) is 5.01. The van der Waals surface area contributed by atoms with Crippen LogP contribution >= 0.6 is 0 Å². The fourth-order valence-electron chi connectivity index (χ4n) is 1.08. The van der Waals surface area contributed by atoms with Crippen LogP contribution in [0.4, 0.5) is 5.69 Å². The van der Waals surface area contributed by atoms with E-state index in [0.29, 0.717) is 11.4 Å². The number of carbonyl (C=O) groups is 2. The maximum atomic E-state index is 10.6. The highest BCUT2D eigenvalue weighted by atomic mass is 16.5. The van der Waals surface area contributed by atoms with Crippen molar-refractivity contribution in [3.63, 3.8) is 0 Å². The lowest BCUT2D eigenvalue weighted by Crippen LogP contribution is -2.37. The molecule has 0 saturated carbocycles. The molecule has 0 aliphatic carbocycles. The molecule has 0 aromatic heterocycles. The van der Waals surface area contributed by atoms with Gasteiger partial charge in [0.05, 0.1) is 7.11 Å². The highest BCUT2D eigenvalue weighted by Crippen LogP contribution is 2.15. The Labute approximate surface area is 91.5 Å². The normalized spacial score (nSPS) is 9.88. The second-order valence-electron chi connectivity index (χ2n) is 2.98. The van der Waals surface area contributed by atoms with Gasteiger partial charge < -0.3 is 20.3 Å². The second-order valence-corrected chi connectivity index (χ2v) is 2.98. The first-order valence-electron chi connectivity index (χ1n) is 4.41. The number of benzene rings is 1. The van der Waals surface area contributed by atoms with Crippen LogP contribution < -0.4 is 10.1 Å². The summed E-state index contributed by atoms with van der Waals surface area (Å²) in [5, 5.41) is 19.6. The number of methoxy groups -OCH3 is 1. The smallest absolute Gasteiger partial charge is 0.337 e. The summed E-state index contributed by atoms with van der Waals surface area (Å²) in [6, 6.07) is 4.62. The average molecular weight is 225 g/mol. The molecular weight excluding hydrogens is 214 g/mol. The Kier molecular flexibility index (Phi) is 3.71. The van der Waals surface area contributed by atoms with E-state index in [1.54, 1.807) is 12.1 Å². The van der Waals surface area contributed by atoms with Crippen molar-refractivity contribution in [3.05, 3.63) is 24.3 Å². The third-order valence-electron chi connectivity index (χ3n) is 1.89. The van der Waals surface area contributed by atoms with Gasteiger partial charge >= 0.3 is 11.9 Å². The van der Waals surface area contributed by atoms with Gasteiger partial charge in [-0.25, -0.2) is 9.59 Å². The summed E-state index contributed by atoms with van der Waals surface area (Å²) >= 11 is 0. The number of hydrogen-bond acceptors (Lipinski definition) is 4. The van der Waals surface area contributed by atoms with E-state index in [-0.39, 0.29) is 0 Å². The fourth-order valence-corrected chi connectivity index (χ4v) is 1.08. The molecule has 16 heavy (non-hydrogen) atoms. The van der Waals surface area contributed by atoms with Gasteiger partial charge in [0.2, 0.25) is 6.04 Å². The Morgan fingerprint density at radius 1 is 1.19 bits per heavy atom. The summed E-state index contributed by atoms with van der Waals surface area (Å²) in [6.45, 7) is 0. The zero-order chi connectivity index (χ0) is 12.1. The number of rotatable bonds is 5. The predicted molar refractivity (Wildman–Crippen MR) is 55.7 cm³/mol. The number of carboxylic acid groups (broad SMARTS) is 2. The van der Waals surface area contributed by atoms with Crippen LogP contribution in [0, 0.1) is 0 Å². The molecule has 6 heteroatoms. The van der Waals surface area contributed by atoms with Crippen molar-refractivity contribution in [2.45, 2.75) is 6.04 Å². The summed E-state index contributed by atoms with van der Waals surface area (Å²) in [5.41, 5.74) is 0.399. The van der Waals surface area contributed by atoms with Crippen LogP contribution in [0.5, 0.6) is 5.75 Å². The van der Waals surface area contributed by atoms with E-state index >= 15 is 0 Å². The molecule has 0 spiro atoms. The highest BCUT2D eigenvalue weighted by Gasteiger charge is 2.25. The molecule has 0 heterocycles. The summed E-state index contributed by atoms with van der Waals surface area (Å²) in [5.74, 6) is -2.28. The first-order chi connectivity index (χ1) is 7.54. The molecule has 6 nitrogen and oxygen atoms in total. The van der Waals surface area contributed by atoms with Crippen LogP contribution in [0.3, 0.4) is 0 Å². The van der Waals surface area contributed by atoms with E-state index in [1.165, 1.54) is 19.2 Å². The minimum Gasteiger partial charge on any atom is -0.497 e. The first kappa shape index (κ1) is 11.8. The van der Waals surface area contributed by atoms with Gasteiger partial charge in [-0.2, -0.15) is 0 Å². The molecule has 0 fully saturated rings. The number of carboxylic acids is 2. The molecule has 1 rings (SSSR count). The minimum absolute atomic E-state index is 0.399. The van der Waals surface area contributed by atoms with Gasteiger partial charge in [-0.15, -0.1) is 0 Å². The zero-order valence-corrected chi connectivity index (χ0v) is 8.51. The number of hydrogen-bond donors (Lipinski definition) is 3. The predicted octanol–water partition coefficient (Wildman–Crippen LogP) is 0.645. The van der Waals surface area contributed by atoms with Crippen LogP contribution in [0.2, 0.25) is 0 Å². The molecule has 3 N–H and O–H groups in total. The molecule has 0 saturated heterocycles. The number of nitrogens with one attached hydrogen (secondary N) is 1. The first-order valence-corrected chi connectivity index (χ1v) is 4.41. The molecule has 86 valence electrons. The Bertz CT molecular complexity index is 373. The van der Waals surface area contributed by atoms with Crippen molar-refractivity contribution in [2.75, 3.05) is 12.4 Å². The lowest BCUT2D eigenvalue weighted by Gasteiger charge is -2.11. The van der Waals surface area contributed by atoms with Gasteiger partial charge in [0.25, 0.3) is 0 Å². The molecule has 0 aliphatic heterocycles. The van der Waals surface area contributed by atoms with Crippen molar-refractivity contribution >= 4 is 17.6 Å². The van der Waals surface area contributed by atoms with Crippen molar-refractivity contribution in [1.29, 1.82) is 0 Å². The highest BCUT2D eigenvalue weighted by molar-refractivity contribution is 6.00. The third-order valence-corrected chi connectivity index (χ3v) is 1.89. The van der Waals surface area contributed by atoms with Gasteiger partial charge in [-0.1, -0.05) is 0 Å². The fraction of sp³-hybridized carbons (Fsp3) is 0.200. The molecular formula is C10H11NO5. The SMILES string of the molecule is COc1ccc(NC(C(=O)O)C(=O)O)cc1. The van der Waals surface area contributed by atoms with Gasteiger partial charge in [0, 0.05) is 5.69 Å². The van der Waals surface area contributed by atoms with Crippen LogP contribution in [0.25, 0.3) is 0 Å². The summed E-state index contributed by atoms with van der Waals surface area (Å²) in [6.07, 6.45) is 0. The van der Waals surface area contributed by atoms with Crippen molar-refractivity contribution in [2.24, 2.45) is 0 Å². The third kappa shape index (κ3) is 2.88. The molecule has 1 aromatic carbocycles. The Hall–Kier alpha value is -2.24. The van der Waals surface area contributed by atoms with Crippen LogP contribution in [0.15, 0.2) is 24.3 Å². The van der Waals surface area contributed by atoms with E-state index in [2.05, 4.69) is 5.32 Å². The van der Waals surface area contributed by atoms with Gasteiger partial charge in [-0.3, -0.25) is 0 Å². The lowest BCUT2D eigenvalue weighted by molar-refractivity contribution is -0.148. The quantitative estimate of drug-likeness (QED) is 0.636. The molecule has 0 atom stereocenters. The largest absolute Gasteiger partial charge is 0.497 e. The van der Waals surface area contributed by atoms with E-state index in [9.17, 15) is 9.59 Å². The monoisotopic (exact) mass is 225 g/mol. The van der Waals surface area contributed by atoms with E-state index in [4.69, 9.17) is 14.9 Å². The standard InChI is InChI=1S/C10H11NO5/c1-16-7-4-2-6(3-5-7)11-8(9(12)13)10(14)15/h2-5,8,11H,1H3,(H,12,13)(H,14,15). The molecule has 0 unspecified atom stereocenters. The number of ether oxygens (including phenoxy) is 1. The molecule has 0 bridgehead atoms. The van der Waals surface area contributed by atoms with Gasteiger partial charge in [-0.05, 0) is 24.3 Å². The zero-order valence-electron chi connectivity index (χ0n) is 8.51. The maximum absolute atomic E-state index is 10.6. The van der Waals surface area contributed by atoms with Crippen LogP contribution in [-0.2, 0) is 9.59 Å². The number of anilines is 1. The summed E-state index contributed by atoms with van der Waals surface area (Å²) in [4.78, 5) is 21.2. The van der Waals surface area contributed by atoms with E-state index in [0.717, 1.165) is 0 Å². The number of aliphatic carboxylic acids is 2. The van der Waals surface area contributed by atoms with Gasteiger partial charge in [0.15, 0.2) is 0 Å². The topological polar surface area (TPSA) is 95.9 Å². The van der Waals surface area contributed by atoms with Crippen molar-refractivity contribution < 1.29 is 24.5 Å². The van der Waals surface area contributed by atoms with Gasteiger partial charge in [0.1, 0.15) is 5.75 Å². The summed E-state index contributed by atoms with van der Waals surface area (Å²) in [7, 11) is 1.50. The Morgan fingerprint density at radius 2 is 1.69 bits per heavy atom. The maximum Gasteiger partial charge on any atom is 0.337 e. The van der Waals surface area contributed by atoms with E-state index in [1.807, 2.05) is 0 Å². The Balaban J connectivity index is 2.77. The van der Waals surface area contributed by atoms with Crippen LogP contribution in [-0.4, -0.2) is 35.3 Å². The lowest BCUT2D eigenvalue weighted by atomic mass is 10.2. The average Bonchev–Trinajstić information content (AvgIpc) is 2.25. The molecule has 1 aromatic rings. The van der Waals surface area contributed by atoms with Crippen molar-refractivity contribution in [1.82, 2.24) is 0 Å². The molecule has 0 aliphatic rings. The Morgan fingerprint density at radius 3 is 2.06 bits per heavy atom. The van der Waals surface area contributed by atoms with Crippen LogP contribution in [0.1, 0.15) is 0 Å². The molecule has 0 amide bonds. The van der Waals surface area contributed by atoms with E-state index < -0.39 is 18.0 Å².